The molecule has 1 aliphatic rings. The molecule has 104 valence electrons. The van der Waals surface area contributed by atoms with Crippen molar-refractivity contribution < 1.29 is 4.74 Å². The van der Waals surface area contributed by atoms with Gasteiger partial charge in [-0.25, -0.2) is 4.74 Å². The van der Waals surface area contributed by atoms with E-state index in [0.717, 1.165) is 19.3 Å². The fourth-order valence-electron chi connectivity index (χ4n) is 2.52. The van der Waals surface area contributed by atoms with Gasteiger partial charge in [0.1, 0.15) is 0 Å². The molecule has 2 nitrogen and oxygen atoms in total. The molecule has 1 aliphatic carbocycles. The fraction of sp³-hybridized carbons (Fsp3) is 0.562. The third-order valence-electron chi connectivity index (χ3n) is 3.63. The minimum Gasteiger partial charge on any atom is -0.624 e. The van der Waals surface area contributed by atoms with Crippen LogP contribution >= 0.6 is 11.8 Å². The Balaban J connectivity index is 1.80. The summed E-state index contributed by atoms with van der Waals surface area (Å²) in [6, 6.07) is 10.6. The quantitative estimate of drug-likeness (QED) is 0.261. The van der Waals surface area contributed by atoms with Gasteiger partial charge in [-0.2, -0.15) is 0 Å². The summed E-state index contributed by atoms with van der Waals surface area (Å²) >= 11 is 1.84. The molecule has 0 saturated heterocycles. The summed E-state index contributed by atoms with van der Waals surface area (Å²) in [6.07, 6.45) is 8.57. The topological polar surface area (TPSA) is 26.1 Å². The standard InChI is InChI=1S/C16H23NOS/c1-14(19-16-10-6-3-7-11-16)12-13-17(18)15-8-4-2-5-9-15/h3,6-7,10-11,13-15H,2,4-5,8-9,12H2,1H3/b17-13-. The monoisotopic (exact) mass is 277 g/mol. The maximum atomic E-state index is 12.0. The van der Waals surface area contributed by atoms with Crippen LogP contribution < -0.4 is 0 Å². The molecule has 1 aromatic carbocycles. The SMILES string of the molecule is CC(C/C=[N+](\[O-])C1CCCCC1)Sc1ccccc1. The smallest absolute Gasteiger partial charge is 0.162 e. The fourth-order valence-corrected chi connectivity index (χ4v) is 3.48. The Morgan fingerprint density at radius 3 is 2.63 bits per heavy atom. The highest BCUT2D eigenvalue weighted by molar-refractivity contribution is 8.00. The second-order valence-electron chi connectivity index (χ2n) is 5.31. The van der Waals surface area contributed by atoms with Crippen LogP contribution in [0.3, 0.4) is 0 Å². The van der Waals surface area contributed by atoms with Crippen molar-refractivity contribution in [2.75, 3.05) is 0 Å². The Kier molecular flexibility index (Phi) is 5.77. The molecule has 1 aromatic rings. The number of hydrogen-bond acceptors (Lipinski definition) is 2. The Morgan fingerprint density at radius 2 is 1.95 bits per heavy atom. The molecule has 1 unspecified atom stereocenters. The summed E-state index contributed by atoms with van der Waals surface area (Å²) in [5.41, 5.74) is 0. The van der Waals surface area contributed by atoms with Crippen LogP contribution in [-0.2, 0) is 0 Å². The first-order valence-corrected chi connectivity index (χ1v) is 8.14. The van der Waals surface area contributed by atoms with E-state index in [9.17, 15) is 5.21 Å². The maximum Gasteiger partial charge on any atom is 0.162 e. The predicted octanol–water partition coefficient (Wildman–Crippen LogP) is 4.47. The van der Waals surface area contributed by atoms with Crippen LogP contribution in [0.5, 0.6) is 0 Å². The molecule has 3 heteroatoms. The summed E-state index contributed by atoms with van der Waals surface area (Å²) in [5, 5.41) is 12.5. The van der Waals surface area contributed by atoms with E-state index >= 15 is 0 Å². The molecule has 0 aromatic heterocycles. The number of rotatable bonds is 5. The maximum absolute atomic E-state index is 12.0. The molecule has 1 saturated carbocycles. The first-order chi connectivity index (χ1) is 9.25. The van der Waals surface area contributed by atoms with Crippen LogP contribution in [0, 0.1) is 5.21 Å². The number of thioether (sulfide) groups is 1. The molecule has 0 spiro atoms. The van der Waals surface area contributed by atoms with Gasteiger partial charge in [0, 0.05) is 29.4 Å². The van der Waals surface area contributed by atoms with E-state index in [-0.39, 0.29) is 6.04 Å². The minimum atomic E-state index is 0.239. The number of hydroxylamine groups is 1. The largest absolute Gasteiger partial charge is 0.624 e. The van der Waals surface area contributed by atoms with Crippen LogP contribution in [0.4, 0.5) is 0 Å². The molecule has 0 amide bonds. The van der Waals surface area contributed by atoms with E-state index in [1.54, 1.807) is 0 Å². The molecular formula is C16H23NOS. The lowest BCUT2D eigenvalue weighted by atomic mass is 9.96. The molecule has 1 atom stereocenters. The van der Waals surface area contributed by atoms with Gasteiger partial charge < -0.3 is 5.21 Å². The number of benzene rings is 1. The Hall–Kier alpha value is -0.960. The van der Waals surface area contributed by atoms with Crippen molar-refractivity contribution in [3.05, 3.63) is 35.5 Å². The zero-order chi connectivity index (χ0) is 13.5. The van der Waals surface area contributed by atoms with Crippen molar-refractivity contribution >= 4 is 18.0 Å². The minimum absolute atomic E-state index is 0.239. The first-order valence-electron chi connectivity index (χ1n) is 7.26. The second kappa shape index (κ2) is 7.59. The molecule has 2 rings (SSSR count). The lowest BCUT2D eigenvalue weighted by Gasteiger charge is -2.21. The van der Waals surface area contributed by atoms with Crippen molar-refractivity contribution in [3.8, 4) is 0 Å². The summed E-state index contributed by atoms with van der Waals surface area (Å²) < 4.78 is 1.22. The number of hydrogen-bond donors (Lipinski definition) is 0. The Bertz CT molecular complexity index is 398. The average molecular weight is 277 g/mol. The summed E-state index contributed by atoms with van der Waals surface area (Å²) in [6.45, 7) is 2.18. The average Bonchev–Trinajstić information content (AvgIpc) is 2.47. The highest BCUT2D eigenvalue weighted by Gasteiger charge is 2.19. The normalized spacial score (nSPS) is 19.3. The van der Waals surface area contributed by atoms with E-state index in [2.05, 4.69) is 31.2 Å². The zero-order valence-corrected chi connectivity index (χ0v) is 12.4. The molecule has 0 bridgehead atoms. The van der Waals surface area contributed by atoms with Crippen molar-refractivity contribution in [1.82, 2.24) is 0 Å². The van der Waals surface area contributed by atoms with Crippen molar-refractivity contribution in [2.45, 2.75) is 61.6 Å². The summed E-state index contributed by atoms with van der Waals surface area (Å²) in [7, 11) is 0. The molecule has 1 fully saturated rings. The molecule has 0 radical (unpaired) electrons. The third-order valence-corrected chi connectivity index (χ3v) is 4.77. The first kappa shape index (κ1) is 14.4. The predicted molar refractivity (Wildman–Crippen MR) is 82.9 cm³/mol. The van der Waals surface area contributed by atoms with Crippen molar-refractivity contribution in [1.29, 1.82) is 0 Å². The Morgan fingerprint density at radius 1 is 1.26 bits per heavy atom. The van der Waals surface area contributed by atoms with E-state index < -0.39 is 0 Å². The molecule has 19 heavy (non-hydrogen) atoms. The van der Waals surface area contributed by atoms with Crippen LogP contribution in [0.2, 0.25) is 0 Å². The van der Waals surface area contributed by atoms with Crippen LogP contribution in [0.15, 0.2) is 35.2 Å². The van der Waals surface area contributed by atoms with E-state index in [1.807, 2.05) is 24.0 Å². The van der Waals surface area contributed by atoms with Gasteiger partial charge in [0.05, 0.1) is 0 Å². The van der Waals surface area contributed by atoms with Crippen LogP contribution in [-0.4, -0.2) is 22.2 Å². The van der Waals surface area contributed by atoms with E-state index in [4.69, 9.17) is 0 Å². The third kappa shape index (κ3) is 4.90. The van der Waals surface area contributed by atoms with Crippen LogP contribution in [0.1, 0.15) is 45.4 Å². The highest BCUT2D eigenvalue weighted by Crippen LogP contribution is 2.24. The van der Waals surface area contributed by atoms with Gasteiger partial charge in [-0.15, -0.1) is 11.8 Å². The molecular weight excluding hydrogens is 254 g/mol. The van der Waals surface area contributed by atoms with Gasteiger partial charge >= 0.3 is 0 Å². The zero-order valence-electron chi connectivity index (χ0n) is 11.6. The van der Waals surface area contributed by atoms with Gasteiger partial charge in [0.15, 0.2) is 12.3 Å². The van der Waals surface area contributed by atoms with Crippen LogP contribution in [0.25, 0.3) is 0 Å². The molecule has 0 heterocycles. The molecule has 0 N–H and O–H groups in total. The van der Waals surface area contributed by atoms with Gasteiger partial charge in [0.25, 0.3) is 0 Å². The summed E-state index contributed by atoms with van der Waals surface area (Å²) in [4.78, 5) is 1.28. The Labute approximate surface area is 120 Å². The van der Waals surface area contributed by atoms with E-state index in [1.165, 1.54) is 28.9 Å². The number of nitrogens with zero attached hydrogens (tertiary/aromatic N) is 1. The van der Waals surface area contributed by atoms with Crippen molar-refractivity contribution in [2.24, 2.45) is 0 Å². The van der Waals surface area contributed by atoms with E-state index in [0.29, 0.717) is 5.25 Å². The van der Waals surface area contributed by atoms with Gasteiger partial charge in [-0.05, 0) is 25.0 Å². The highest BCUT2D eigenvalue weighted by atomic mass is 32.2. The van der Waals surface area contributed by atoms with Gasteiger partial charge in [0.2, 0.25) is 0 Å². The summed E-state index contributed by atoms with van der Waals surface area (Å²) in [5.74, 6) is 0. The van der Waals surface area contributed by atoms with Gasteiger partial charge in [-0.1, -0.05) is 31.5 Å². The lowest BCUT2D eigenvalue weighted by molar-refractivity contribution is -0.502. The molecule has 0 aliphatic heterocycles. The lowest BCUT2D eigenvalue weighted by Crippen LogP contribution is -2.25. The van der Waals surface area contributed by atoms with Crippen molar-refractivity contribution in [3.63, 3.8) is 0 Å². The van der Waals surface area contributed by atoms with Gasteiger partial charge in [-0.3, -0.25) is 0 Å². The second-order valence-corrected chi connectivity index (χ2v) is 6.82.